The van der Waals surface area contributed by atoms with Gasteiger partial charge in [0.05, 0.1) is 11.0 Å². The van der Waals surface area contributed by atoms with Gasteiger partial charge in [-0.05, 0) is 118 Å². The zero-order valence-electron chi connectivity index (χ0n) is 32.3. The Kier molecular flexibility index (Phi) is 6.98. The van der Waals surface area contributed by atoms with Crippen molar-refractivity contribution in [3.63, 3.8) is 0 Å². The van der Waals surface area contributed by atoms with Crippen LogP contribution in [0.4, 0.5) is 17.1 Å². The third kappa shape index (κ3) is 4.80. The molecule has 0 saturated carbocycles. The van der Waals surface area contributed by atoms with Gasteiger partial charge >= 0.3 is 0 Å². The number of rotatable bonds is 5. The Morgan fingerprint density at radius 1 is 0.431 bits per heavy atom. The van der Waals surface area contributed by atoms with E-state index < -0.39 is 0 Å². The van der Waals surface area contributed by atoms with Crippen molar-refractivity contribution < 1.29 is 4.42 Å². The zero-order chi connectivity index (χ0) is 38.5. The highest BCUT2D eigenvalue weighted by Gasteiger charge is 2.36. The van der Waals surface area contributed by atoms with Crippen LogP contribution in [0, 0.1) is 0 Å². The number of hydrogen-bond donors (Lipinski definition) is 0. The highest BCUT2D eigenvalue weighted by atomic mass is 16.3. The maximum Gasteiger partial charge on any atom is 0.143 e. The Morgan fingerprint density at radius 2 is 1.12 bits per heavy atom. The van der Waals surface area contributed by atoms with E-state index in [-0.39, 0.29) is 5.41 Å². The number of benzene rings is 9. The van der Waals surface area contributed by atoms with Crippen LogP contribution in [0.2, 0.25) is 0 Å². The molecule has 0 unspecified atom stereocenters. The van der Waals surface area contributed by atoms with Crippen molar-refractivity contribution >= 4 is 71.6 Å². The molecule has 0 spiro atoms. The van der Waals surface area contributed by atoms with Crippen LogP contribution in [0.15, 0.2) is 199 Å². The van der Waals surface area contributed by atoms with E-state index in [9.17, 15) is 0 Å². The van der Waals surface area contributed by atoms with Crippen LogP contribution in [0.25, 0.3) is 82.5 Å². The lowest BCUT2D eigenvalue weighted by molar-refractivity contribution is 0.660. The minimum Gasteiger partial charge on any atom is -0.455 e. The first-order valence-corrected chi connectivity index (χ1v) is 20.1. The van der Waals surface area contributed by atoms with Gasteiger partial charge in [0.2, 0.25) is 0 Å². The highest BCUT2D eigenvalue weighted by Crippen LogP contribution is 2.51. The summed E-state index contributed by atoms with van der Waals surface area (Å²) in [6.45, 7) is 4.71. The van der Waals surface area contributed by atoms with Gasteiger partial charge in [-0.2, -0.15) is 0 Å². The molecule has 11 aromatic rings. The van der Waals surface area contributed by atoms with E-state index in [0.29, 0.717) is 0 Å². The van der Waals surface area contributed by atoms with Crippen LogP contribution in [-0.2, 0) is 5.41 Å². The van der Waals surface area contributed by atoms with Gasteiger partial charge in [-0.3, -0.25) is 0 Å². The van der Waals surface area contributed by atoms with Gasteiger partial charge in [0.25, 0.3) is 0 Å². The second-order valence-electron chi connectivity index (χ2n) is 16.2. The molecule has 12 rings (SSSR count). The van der Waals surface area contributed by atoms with Crippen LogP contribution >= 0.6 is 0 Å². The molecule has 1 aliphatic carbocycles. The van der Waals surface area contributed by atoms with Crippen molar-refractivity contribution in [3.05, 3.63) is 205 Å². The fourth-order valence-corrected chi connectivity index (χ4v) is 9.74. The molecular formula is C55H38N2O. The fourth-order valence-electron chi connectivity index (χ4n) is 9.74. The maximum atomic E-state index is 6.61. The van der Waals surface area contributed by atoms with Crippen molar-refractivity contribution in [2.75, 3.05) is 4.90 Å². The first-order valence-electron chi connectivity index (χ1n) is 20.1. The molecule has 58 heavy (non-hydrogen) atoms. The first kappa shape index (κ1) is 32.8. The molecule has 0 atom stereocenters. The third-order valence-electron chi connectivity index (χ3n) is 12.5. The minimum atomic E-state index is -0.129. The summed E-state index contributed by atoms with van der Waals surface area (Å²) in [6.07, 6.45) is 0. The van der Waals surface area contributed by atoms with Crippen LogP contribution < -0.4 is 4.90 Å². The molecular weight excluding hydrogens is 705 g/mol. The quantitative estimate of drug-likeness (QED) is 0.175. The zero-order valence-corrected chi connectivity index (χ0v) is 32.3. The molecule has 0 saturated heterocycles. The number of hydrogen-bond acceptors (Lipinski definition) is 2. The van der Waals surface area contributed by atoms with Crippen LogP contribution in [0.3, 0.4) is 0 Å². The maximum absolute atomic E-state index is 6.61. The first-order chi connectivity index (χ1) is 28.5. The van der Waals surface area contributed by atoms with Crippen molar-refractivity contribution in [3.8, 4) is 27.9 Å². The van der Waals surface area contributed by atoms with Crippen LogP contribution in [0.1, 0.15) is 25.0 Å². The smallest absolute Gasteiger partial charge is 0.143 e. The lowest BCUT2D eigenvalue weighted by Crippen LogP contribution is -2.16. The molecule has 9 aromatic carbocycles. The molecule has 0 N–H and O–H groups in total. The average Bonchev–Trinajstić information content (AvgIpc) is 3.89. The van der Waals surface area contributed by atoms with E-state index in [2.05, 4.69) is 211 Å². The van der Waals surface area contributed by atoms with Gasteiger partial charge in [0.1, 0.15) is 11.2 Å². The molecule has 0 amide bonds. The van der Waals surface area contributed by atoms with Crippen LogP contribution in [0.5, 0.6) is 0 Å². The summed E-state index contributed by atoms with van der Waals surface area (Å²) in [4.78, 5) is 2.44. The summed E-state index contributed by atoms with van der Waals surface area (Å²) in [7, 11) is 0. The highest BCUT2D eigenvalue weighted by molar-refractivity contribution is 6.21. The predicted octanol–water partition coefficient (Wildman–Crippen LogP) is 15.3. The molecule has 0 radical (unpaired) electrons. The molecule has 0 fully saturated rings. The molecule has 1 aliphatic rings. The average molecular weight is 743 g/mol. The van der Waals surface area contributed by atoms with Gasteiger partial charge in [-0.1, -0.05) is 129 Å². The van der Waals surface area contributed by atoms with E-state index in [4.69, 9.17) is 4.42 Å². The van der Waals surface area contributed by atoms with Crippen molar-refractivity contribution in [2.45, 2.75) is 19.3 Å². The van der Waals surface area contributed by atoms with Gasteiger partial charge in [-0.25, -0.2) is 0 Å². The Labute approximate surface area is 336 Å². The number of furan rings is 1. The SMILES string of the molecule is CC1(C)c2ccccc2-c2ccc(N(c3cccc(-c4ccccc4)c3)c3ccc4c(c3)c3cc5c(ccc6c7ccccc7oc56)cc3n4-c3ccccc3)cc21. The minimum absolute atomic E-state index is 0.129. The third-order valence-corrected chi connectivity index (χ3v) is 12.5. The Morgan fingerprint density at radius 3 is 2.00 bits per heavy atom. The lowest BCUT2D eigenvalue weighted by atomic mass is 9.82. The molecule has 3 heteroatoms. The van der Waals surface area contributed by atoms with E-state index in [0.717, 1.165) is 66.5 Å². The number of para-hydroxylation sites is 2. The number of fused-ring (bicyclic) bond motifs is 11. The number of anilines is 3. The predicted molar refractivity (Wildman–Crippen MR) is 243 cm³/mol. The summed E-state index contributed by atoms with van der Waals surface area (Å²) in [5.74, 6) is 0. The largest absolute Gasteiger partial charge is 0.455 e. The fraction of sp³-hybridized carbons (Fsp3) is 0.0545. The van der Waals surface area contributed by atoms with Gasteiger partial charge in [0.15, 0.2) is 0 Å². The second kappa shape index (κ2) is 12.3. The van der Waals surface area contributed by atoms with Gasteiger partial charge < -0.3 is 13.9 Å². The van der Waals surface area contributed by atoms with E-state index in [1.165, 1.54) is 44.2 Å². The summed E-state index contributed by atoms with van der Waals surface area (Å²) < 4.78 is 9.01. The van der Waals surface area contributed by atoms with Gasteiger partial charge in [-0.15, -0.1) is 0 Å². The molecule has 0 aliphatic heterocycles. The second-order valence-corrected chi connectivity index (χ2v) is 16.2. The van der Waals surface area contributed by atoms with E-state index in [1.54, 1.807) is 0 Å². The molecule has 2 heterocycles. The summed E-state index contributed by atoms with van der Waals surface area (Å²) in [5, 5.41) is 6.92. The van der Waals surface area contributed by atoms with E-state index >= 15 is 0 Å². The summed E-state index contributed by atoms with van der Waals surface area (Å²) in [6, 6.07) is 70.8. The Balaban J connectivity index is 1.13. The molecule has 274 valence electrons. The van der Waals surface area contributed by atoms with E-state index in [1.807, 2.05) is 6.07 Å². The van der Waals surface area contributed by atoms with Crippen molar-refractivity contribution in [1.29, 1.82) is 0 Å². The molecule has 0 bridgehead atoms. The number of aromatic nitrogens is 1. The molecule has 2 aromatic heterocycles. The molecule has 3 nitrogen and oxygen atoms in total. The Hall–Kier alpha value is -7.36. The van der Waals surface area contributed by atoms with Crippen molar-refractivity contribution in [1.82, 2.24) is 4.57 Å². The number of nitrogens with zero attached hydrogens (tertiary/aromatic N) is 2. The summed E-state index contributed by atoms with van der Waals surface area (Å²) >= 11 is 0. The summed E-state index contributed by atoms with van der Waals surface area (Å²) in [5.41, 5.74) is 16.2. The van der Waals surface area contributed by atoms with Gasteiger partial charge in [0, 0.05) is 55.1 Å². The van der Waals surface area contributed by atoms with Crippen LogP contribution in [-0.4, -0.2) is 4.57 Å². The monoisotopic (exact) mass is 742 g/mol. The topological polar surface area (TPSA) is 21.3 Å². The lowest BCUT2D eigenvalue weighted by Gasteiger charge is -2.28. The standard InChI is InChI=1S/C55H38N2O/c1-55(2)49-22-11-9-20-42(49)43-28-25-41(33-50(43)55)56(39-19-13-16-36(30-39)35-14-5-3-6-15-35)40-26-29-51-47(32-40)48-34-46-37(31-52(48)57(51)38-17-7-4-8-18-38)24-27-45-44-21-10-12-23-53(44)58-54(45)46/h3-34H,1-2H3. The Bertz CT molecular complexity index is 3430. The normalized spacial score (nSPS) is 13.1. The van der Waals surface area contributed by atoms with Crippen molar-refractivity contribution in [2.24, 2.45) is 0 Å².